The molecule has 4 nitrogen and oxygen atoms in total. The van der Waals surface area contributed by atoms with Crippen LogP contribution in [-0.2, 0) is 24.1 Å². The van der Waals surface area contributed by atoms with E-state index in [1.54, 1.807) is 0 Å². The number of rotatable bonds is 4. The fourth-order valence-electron chi connectivity index (χ4n) is 3.55. The van der Waals surface area contributed by atoms with E-state index in [1.165, 1.54) is 68.4 Å². The molecule has 20 heavy (non-hydrogen) atoms. The zero-order chi connectivity index (χ0) is 13.8. The first kappa shape index (κ1) is 14.1. The van der Waals surface area contributed by atoms with Gasteiger partial charge >= 0.3 is 0 Å². The lowest BCUT2D eigenvalue weighted by molar-refractivity contribution is 0.0548. The number of fused-ring (bicyclic) bond motifs is 1. The predicted octanol–water partition coefficient (Wildman–Crippen LogP) is 2.54. The van der Waals surface area contributed by atoms with Gasteiger partial charge in [0.2, 0.25) is 0 Å². The zero-order valence-electron chi connectivity index (χ0n) is 12.7. The van der Waals surface area contributed by atoms with Crippen LogP contribution in [-0.4, -0.2) is 41.9 Å². The van der Waals surface area contributed by atoms with Crippen molar-refractivity contribution in [1.82, 2.24) is 15.1 Å². The van der Waals surface area contributed by atoms with Gasteiger partial charge in [-0.25, -0.2) is 0 Å². The highest BCUT2D eigenvalue weighted by atomic mass is 16.5. The molecule has 1 N–H and O–H groups in total. The van der Waals surface area contributed by atoms with Crippen LogP contribution in [0.1, 0.15) is 49.1 Å². The van der Waals surface area contributed by atoms with Gasteiger partial charge in [0.25, 0.3) is 0 Å². The van der Waals surface area contributed by atoms with Crippen molar-refractivity contribution in [2.75, 3.05) is 26.8 Å². The first-order valence-electron chi connectivity index (χ1n) is 8.14. The summed E-state index contributed by atoms with van der Waals surface area (Å²) in [7, 11) is 2.23. The number of aryl methyl sites for hydroxylation is 1. The molecule has 4 heteroatoms. The first-order chi connectivity index (χ1) is 9.83. The number of nitrogens with one attached hydrogen (secondary N) is 1. The lowest BCUT2D eigenvalue weighted by atomic mass is 9.99. The Balaban J connectivity index is 1.58. The second-order valence-electron chi connectivity index (χ2n) is 6.44. The maximum Gasteiger partial charge on any atom is 0.0796 e. The highest BCUT2D eigenvalue weighted by Gasteiger charge is 2.19. The van der Waals surface area contributed by atoms with Gasteiger partial charge in [-0.15, -0.1) is 0 Å². The van der Waals surface area contributed by atoms with E-state index in [2.05, 4.69) is 22.1 Å². The fourth-order valence-corrected chi connectivity index (χ4v) is 3.55. The van der Waals surface area contributed by atoms with E-state index in [0.717, 1.165) is 25.7 Å². The number of aromatic nitrogens is 2. The van der Waals surface area contributed by atoms with Crippen molar-refractivity contribution in [2.24, 2.45) is 5.92 Å². The molecule has 1 aliphatic heterocycles. The Morgan fingerprint density at radius 1 is 1.20 bits per heavy atom. The molecule has 0 atom stereocenters. The van der Waals surface area contributed by atoms with Crippen LogP contribution in [0.5, 0.6) is 0 Å². The van der Waals surface area contributed by atoms with Crippen molar-refractivity contribution >= 4 is 0 Å². The normalized spacial score (nSPS) is 20.9. The van der Waals surface area contributed by atoms with Crippen molar-refractivity contribution in [3.8, 4) is 0 Å². The minimum absolute atomic E-state index is 0.797. The van der Waals surface area contributed by atoms with Crippen molar-refractivity contribution < 1.29 is 4.74 Å². The SMILES string of the molecule is CN(Cc1n[nH]c2c1CCCCC2)CC1CCOCC1. The molecule has 0 radical (unpaired) electrons. The third-order valence-electron chi connectivity index (χ3n) is 4.72. The smallest absolute Gasteiger partial charge is 0.0796 e. The van der Waals surface area contributed by atoms with Gasteiger partial charge < -0.3 is 9.64 Å². The monoisotopic (exact) mass is 277 g/mol. The van der Waals surface area contributed by atoms with Crippen molar-refractivity contribution in [3.05, 3.63) is 17.0 Å². The quantitative estimate of drug-likeness (QED) is 0.860. The second-order valence-corrected chi connectivity index (χ2v) is 6.44. The number of H-pyrrole nitrogens is 1. The van der Waals surface area contributed by atoms with Gasteiger partial charge in [-0.3, -0.25) is 5.10 Å². The van der Waals surface area contributed by atoms with E-state index in [0.29, 0.717) is 0 Å². The highest BCUT2D eigenvalue weighted by Crippen LogP contribution is 2.23. The molecule has 0 saturated carbocycles. The van der Waals surface area contributed by atoms with Crippen molar-refractivity contribution in [1.29, 1.82) is 0 Å². The molecule has 1 saturated heterocycles. The average molecular weight is 277 g/mol. The summed E-state index contributed by atoms with van der Waals surface area (Å²) < 4.78 is 5.44. The minimum atomic E-state index is 0.797. The Labute approximate surface area is 121 Å². The van der Waals surface area contributed by atoms with Gasteiger partial charge in [0.05, 0.1) is 5.69 Å². The van der Waals surface area contributed by atoms with Crippen molar-refractivity contribution in [3.63, 3.8) is 0 Å². The molecule has 0 bridgehead atoms. The van der Waals surface area contributed by atoms with Crippen LogP contribution in [0.3, 0.4) is 0 Å². The minimum Gasteiger partial charge on any atom is -0.381 e. The summed E-state index contributed by atoms with van der Waals surface area (Å²) in [6, 6.07) is 0. The van der Waals surface area contributed by atoms with Crippen LogP contribution in [0.2, 0.25) is 0 Å². The summed E-state index contributed by atoms with van der Waals surface area (Å²) in [6.07, 6.45) is 8.82. The predicted molar refractivity (Wildman–Crippen MR) is 79.7 cm³/mol. The van der Waals surface area contributed by atoms with E-state index < -0.39 is 0 Å². The molecule has 0 spiro atoms. The average Bonchev–Trinajstić information content (AvgIpc) is 2.69. The Kier molecular flexibility index (Phi) is 4.73. The largest absolute Gasteiger partial charge is 0.381 e. The fraction of sp³-hybridized carbons (Fsp3) is 0.812. The van der Waals surface area contributed by atoms with Crippen LogP contribution < -0.4 is 0 Å². The van der Waals surface area contributed by atoms with Gasteiger partial charge in [0.1, 0.15) is 0 Å². The van der Waals surface area contributed by atoms with Crippen LogP contribution >= 0.6 is 0 Å². The molecular weight excluding hydrogens is 250 g/mol. The van der Waals surface area contributed by atoms with Crippen LogP contribution in [0, 0.1) is 5.92 Å². The van der Waals surface area contributed by atoms with Gasteiger partial charge in [-0.2, -0.15) is 5.10 Å². The Morgan fingerprint density at radius 3 is 2.85 bits per heavy atom. The molecule has 2 heterocycles. The molecule has 112 valence electrons. The number of hydrogen-bond acceptors (Lipinski definition) is 3. The standard InChI is InChI=1S/C16H27N3O/c1-19(11-13-7-9-20-10-8-13)12-16-14-5-3-2-4-6-15(14)17-18-16/h13H,2-12H2,1H3,(H,17,18). The summed E-state index contributed by atoms with van der Waals surface area (Å²) in [5.41, 5.74) is 4.20. The van der Waals surface area contributed by atoms with E-state index in [4.69, 9.17) is 4.74 Å². The Morgan fingerprint density at radius 2 is 2.00 bits per heavy atom. The lowest BCUT2D eigenvalue weighted by Gasteiger charge is -2.26. The lowest BCUT2D eigenvalue weighted by Crippen LogP contribution is -2.29. The summed E-state index contributed by atoms with van der Waals surface area (Å²) in [6.45, 7) is 4.04. The molecule has 0 unspecified atom stereocenters. The summed E-state index contributed by atoms with van der Waals surface area (Å²) in [5.74, 6) is 0.797. The molecule has 0 amide bonds. The molecule has 1 aliphatic carbocycles. The molecular formula is C16H27N3O. The van der Waals surface area contributed by atoms with E-state index in [9.17, 15) is 0 Å². The highest BCUT2D eigenvalue weighted by molar-refractivity contribution is 5.26. The molecule has 1 fully saturated rings. The third kappa shape index (κ3) is 3.41. The van der Waals surface area contributed by atoms with E-state index in [-0.39, 0.29) is 0 Å². The van der Waals surface area contributed by atoms with Gasteiger partial charge in [0.15, 0.2) is 0 Å². The summed E-state index contributed by atoms with van der Waals surface area (Å²) in [4.78, 5) is 2.44. The van der Waals surface area contributed by atoms with Crippen molar-refractivity contribution in [2.45, 2.75) is 51.5 Å². The van der Waals surface area contributed by atoms with Crippen LogP contribution in [0.4, 0.5) is 0 Å². The van der Waals surface area contributed by atoms with Crippen LogP contribution in [0.25, 0.3) is 0 Å². The van der Waals surface area contributed by atoms with Gasteiger partial charge in [-0.1, -0.05) is 6.42 Å². The molecule has 2 aliphatic rings. The topological polar surface area (TPSA) is 41.2 Å². The maximum absolute atomic E-state index is 5.44. The molecule has 3 rings (SSSR count). The number of hydrogen-bond donors (Lipinski definition) is 1. The number of ether oxygens (including phenoxy) is 1. The maximum atomic E-state index is 5.44. The van der Waals surface area contributed by atoms with Crippen LogP contribution in [0.15, 0.2) is 0 Å². The summed E-state index contributed by atoms with van der Waals surface area (Å²) >= 11 is 0. The zero-order valence-corrected chi connectivity index (χ0v) is 12.7. The number of nitrogens with zero attached hydrogens (tertiary/aromatic N) is 2. The second kappa shape index (κ2) is 6.72. The molecule has 1 aromatic heterocycles. The van der Waals surface area contributed by atoms with E-state index in [1.807, 2.05) is 0 Å². The Hall–Kier alpha value is -0.870. The molecule has 0 aromatic carbocycles. The van der Waals surface area contributed by atoms with E-state index >= 15 is 0 Å². The number of aromatic amines is 1. The first-order valence-corrected chi connectivity index (χ1v) is 8.14. The molecule has 1 aromatic rings. The van der Waals surface area contributed by atoms with Gasteiger partial charge in [-0.05, 0) is 57.1 Å². The third-order valence-corrected chi connectivity index (χ3v) is 4.72. The Bertz CT molecular complexity index is 423. The van der Waals surface area contributed by atoms with Gasteiger partial charge in [0, 0.05) is 32.0 Å². The summed E-state index contributed by atoms with van der Waals surface area (Å²) in [5, 5.41) is 7.86.